The van der Waals surface area contributed by atoms with Gasteiger partial charge in [-0.3, -0.25) is 14.6 Å². The molecule has 0 saturated heterocycles. The lowest BCUT2D eigenvalue weighted by Gasteiger charge is -2.20. The molecule has 1 amide bonds. The predicted molar refractivity (Wildman–Crippen MR) is 115 cm³/mol. The Labute approximate surface area is 182 Å². The van der Waals surface area contributed by atoms with Gasteiger partial charge >= 0.3 is 5.97 Å². The summed E-state index contributed by atoms with van der Waals surface area (Å²) in [5.74, 6) is -1.48. The van der Waals surface area contributed by atoms with E-state index in [2.05, 4.69) is 30.7 Å². The highest BCUT2D eigenvalue weighted by Gasteiger charge is 2.46. The molecule has 160 valence electrons. The Morgan fingerprint density at radius 3 is 2.67 bits per heavy atom. The molecule has 3 rings (SSSR count). The molecule has 11 nitrogen and oxygen atoms in total. The summed E-state index contributed by atoms with van der Waals surface area (Å²) in [6, 6.07) is -0.606. The Morgan fingerprint density at radius 1 is 1.33 bits per heavy atom. The Hall–Kier alpha value is -2.86. The van der Waals surface area contributed by atoms with E-state index in [0.29, 0.717) is 16.0 Å². The summed E-state index contributed by atoms with van der Waals surface area (Å²) in [5, 5.41) is 21.2. The van der Waals surface area contributed by atoms with Gasteiger partial charge in [0.25, 0.3) is 5.91 Å². The van der Waals surface area contributed by atoms with E-state index in [1.807, 2.05) is 13.8 Å². The van der Waals surface area contributed by atoms with Gasteiger partial charge in [0.15, 0.2) is 10.9 Å². The number of carboxylic acid groups (broad SMARTS) is 1. The molecule has 13 heteroatoms. The first-order valence-corrected chi connectivity index (χ1v) is 10.2. The van der Waals surface area contributed by atoms with Crippen molar-refractivity contribution in [2.45, 2.75) is 25.3 Å². The molecule has 2 unspecified atom stereocenters. The third-order valence-corrected chi connectivity index (χ3v) is 5.98. The maximum atomic E-state index is 12.8. The normalized spacial score (nSPS) is 19.5. The van der Waals surface area contributed by atoms with E-state index in [4.69, 9.17) is 11.6 Å². The molecule has 0 saturated carbocycles. The van der Waals surface area contributed by atoms with Gasteiger partial charge in [-0.15, -0.1) is 0 Å². The number of carbonyl (C=O) groups excluding carboxylic acids is 1. The largest absolute Gasteiger partial charge is 0.480 e. The number of hydrogen-bond donors (Lipinski definition) is 3. The van der Waals surface area contributed by atoms with Crippen molar-refractivity contribution in [1.29, 1.82) is 0 Å². The van der Waals surface area contributed by atoms with Crippen molar-refractivity contribution in [3.63, 3.8) is 0 Å². The number of aromatic nitrogens is 2. The highest BCUT2D eigenvalue weighted by atomic mass is 35.5. The van der Waals surface area contributed by atoms with Gasteiger partial charge in [-0.2, -0.15) is 5.10 Å². The lowest BCUT2D eigenvalue weighted by molar-refractivity contribution is -0.138. The van der Waals surface area contributed by atoms with Crippen LogP contribution in [-0.4, -0.2) is 79.4 Å². The standard InChI is InChI=1S/C17H21ClN8O3S/c1-9(2)14(18)25(3)8-21-15(29)12-13-16(26(24-12)6-11(27)28)30-17(23-13)22-10-4-19-7-20-5-10/h4-5,7,13,16H,6,8H2,1-3H3,(H,21,29)(H,22,23)(H,27,28). The lowest BCUT2D eigenvalue weighted by atomic mass is 10.2. The number of halogens is 1. The molecule has 2 aliphatic rings. The van der Waals surface area contributed by atoms with E-state index in [1.54, 1.807) is 24.3 Å². The quantitative estimate of drug-likeness (QED) is 0.407. The average Bonchev–Trinajstić information content (AvgIpc) is 3.25. The predicted octanol–water partition coefficient (Wildman–Crippen LogP) is 0.938. The molecular formula is C17H21ClN8O3S. The highest BCUT2D eigenvalue weighted by molar-refractivity contribution is 8.15. The fraction of sp³-hybridized carbons (Fsp3) is 0.412. The number of amidine groups is 1. The third-order valence-electron chi connectivity index (χ3n) is 4.14. The summed E-state index contributed by atoms with van der Waals surface area (Å²) < 4.78 is 0. The van der Waals surface area contributed by atoms with Gasteiger partial charge in [0, 0.05) is 7.05 Å². The molecule has 30 heavy (non-hydrogen) atoms. The number of carboxylic acids is 1. The van der Waals surface area contributed by atoms with E-state index >= 15 is 0 Å². The number of fused-ring (bicyclic) bond motifs is 1. The van der Waals surface area contributed by atoms with Crippen LogP contribution >= 0.6 is 23.4 Å². The number of aliphatic imine (C=N–C) groups is 1. The molecule has 0 fully saturated rings. The maximum absolute atomic E-state index is 12.8. The molecule has 0 aliphatic carbocycles. The monoisotopic (exact) mass is 452 g/mol. The van der Waals surface area contributed by atoms with Gasteiger partial charge in [0.2, 0.25) is 0 Å². The van der Waals surface area contributed by atoms with Crippen molar-refractivity contribution < 1.29 is 14.7 Å². The van der Waals surface area contributed by atoms with Crippen LogP contribution in [0.25, 0.3) is 0 Å². The minimum absolute atomic E-state index is 0.150. The van der Waals surface area contributed by atoms with Crippen LogP contribution in [0.3, 0.4) is 0 Å². The molecule has 2 atom stereocenters. The van der Waals surface area contributed by atoms with Gasteiger partial charge in [-0.25, -0.2) is 15.0 Å². The molecule has 3 heterocycles. The van der Waals surface area contributed by atoms with Crippen LogP contribution in [0.5, 0.6) is 0 Å². The van der Waals surface area contributed by atoms with Crippen LogP contribution in [0.15, 0.2) is 39.5 Å². The van der Waals surface area contributed by atoms with Crippen LogP contribution in [0.2, 0.25) is 0 Å². The number of nitrogens with zero attached hydrogens (tertiary/aromatic N) is 6. The number of carbonyl (C=O) groups is 2. The molecule has 1 aromatic rings. The van der Waals surface area contributed by atoms with Crippen molar-refractivity contribution in [1.82, 2.24) is 25.2 Å². The molecule has 0 bridgehead atoms. The molecule has 2 aliphatic heterocycles. The molecule has 0 radical (unpaired) electrons. The molecule has 1 aromatic heterocycles. The lowest BCUT2D eigenvalue weighted by Crippen LogP contribution is -2.42. The van der Waals surface area contributed by atoms with Crippen molar-refractivity contribution in [2.24, 2.45) is 10.1 Å². The van der Waals surface area contributed by atoms with Crippen molar-refractivity contribution in [2.75, 3.05) is 25.6 Å². The Balaban J connectivity index is 1.74. The number of aliphatic carboxylic acids is 1. The van der Waals surface area contributed by atoms with Crippen molar-refractivity contribution in [3.8, 4) is 0 Å². The molecule has 3 N–H and O–H groups in total. The highest BCUT2D eigenvalue weighted by Crippen LogP contribution is 2.35. The van der Waals surface area contributed by atoms with E-state index in [-0.39, 0.29) is 18.9 Å². The van der Waals surface area contributed by atoms with Crippen molar-refractivity contribution >= 4 is 51.8 Å². The van der Waals surface area contributed by atoms with E-state index in [1.165, 1.54) is 23.1 Å². The van der Waals surface area contributed by atoms with Gasteiger partial charge in [-0.05, 0) is 19.4 Å². The zero-order valence-corrected chi connectivity index (χ0v) is 18.1. The number of allylic oxidation sites excluding steroid dienone is 1. The van der Waals surface area contributed by atoms with Crippen LogP contribution in [0.1, 0.15) is 13.8 Å². The first kappa shape index (κ1) is 21.8. The van der Waals surface area contributed by atoms with Crippen LogP contribution in [0.4, 0.5) is 5.69 Å². The molecule has 0 aromatic carbocycles. The SMILES string of the molecule is CC(C)=C(Cl)N(C)CNC(=O)C1=NN(CC(=O)O)C2SC(Nc3cncnc3)=NC12. The Morgan fingerprint density at radius 2 is 2.03 bits per heavy atom. The van der Waals surface area contributed by atoms with Crippen LogP contribution in [-0.2, 0) is 9.59 Å². The number of amides is 1. The van der Waals surface area contributed by atoms with E-state index < -0.39 is 23.3 Å². The summed E-state index contributed by atoms with van der Waals surface area (Å²) in [6.45, 7) is 3.56. The third kappa shape index (κ3) is 5.00. The first-order valence-electron chi connectivity index (χ1n) is 8.92. The van der Waals surface area contributed by atoms with Gasteiger partial charge in [-0.1, -0.05) is 23.4 Å². The number of anilines is 1. The summed E-state index contributed by atoms with van der Waals surface area (Å²) in [4.78, 5) is 38.1. The van der Waals surface area contributed by atoms with Crippen molar-refractivity contribution in [3.05, 3.63) is 29.5 Å². The minimum Gasteiger partial charge on any atom is -0.480 e. The first-order chi connectivity index (χ1) is 14.3. The fourth-order valence-electron chi connectivity index (χ4n) is 2.80. The smallest absolute Gasteiger partial charge is 0.324 e. The Kier molecular flexibility index (Phi) is 6.77. The number of thioether (sulfide) groups is 1. The number of rotatable bonds is 7. The summed E-state index contributed by atoms with van der Waals surface area (Å²) in [7, 11) is 1.75. The van der Waals surface area contributed by atoms with Crippen LogP contribution < -0.4 is 10.6 Å². The van der Waals surface area contributed by atoms with Gasteiger partial charge in [0.05, 0.1) is 24.7 Å². The number of hydrazone groups is 1. The molecular weight excluding hydrogens is 432 g/mol. The minimum atomic E-state index is -1.05. The second kappa shape index (κ2) is 9.30. The van der Waals surface area contributed by atoms with E-state index in [9.17, 15) is 14.7 Å². The topological polar surface area (TPSA) is 135 Å². The average molecular weight is 453 g/mol. The summed E-state index contributed by atoms with van der Waals surface area (Å²) in [6.07, 6.45) is 4.58. The summed E-state index contributed by atoms with van der Waals surface area (Å²) >= 11 is 7.47. The maximum Gasteiger partial charge on any atom is 0.324 e. The molecule has 0 spiro atoms. The Bertz CT molecular complexity index is 919. The number of hydrogen-bond acceptors (Lipinski definition) is 10. The number of nitrogens with one attached hydrogen (secondary N) is 2. The van der Waals surface area contributed by atoms with Crippen LogP contribution in [0, 0.1) is 0 Å². The zero-order valence-electron chi connectivity index (χ0n) is 16.5. The van der Waals surface area contributed by atoms with Gasteiger partial charge in [0.1, 0.15) is 29.4 Å². The second-order valence-electron chi connectivity index (χ2n) is 6.77. The zero-order chi connectivity index (χ0) is 21.8. The second-order valence-corrected chi connectivity index (χ2v) is 8.23. The fourth-order valence-corrected chi connectivity index (χ4v) is 4.00. The van der Waals surface area contributed by atoms with E-state index in [0.717, 1.165) is 5.57 Å². The van der Waals surface area contributed by atoms with Gasteiger partial charge < -0.3 is 20.6 Å². The summed E-state index contributed by atoms with van der Waals surface area (Å²) in [5.41, 5.74) is 1.70.